The predicted octanol–water partition coefficient (Wildman–Crippen LogP) is 0.350. The first-order valence-electron chi connectivity index (χ1n) is 16.1. The smallest absolute Gasteiger partial charge is 0.872 e. The summed E-state index contributed by atoms with van der Waals surface area (Å²) in [5, 5.41) is 34.3. The molecule has 1 N–H and O–H groups in total. The van der Waals surface area contributed by atoms with E-state index >= 15 is 0 Å². The molecule has 0 aliphatic rings. The van der Waals surface area contributed by atoms with E-state index in [0.29, 0.717) is 10.8 Å². The van der Waals surface area contributed by atoms with Crippen molar-refractivity contribution >= 4 is 33.5 Å². The quantitative estimate of drug-likeness (QED) is 0.173. The van der Waals surface area contributed by atoms with Crippen molar-refractivity contribution < 1.29 is 92.9 Å². The topological polar surface area (TPSA) is 161 Å². The Kier molecular flexibility index (Phi) is 17.9. The number of ketones is 2. The number of rotatable bonds is 8. The number of carbonyl (C=O) groups excluding carboxylic acids is 2. The van der Waals surface area contributed by atoms with Gasteiger partial charge >= 0.3 is 70.4 Å². The van der Waals surface area contributed by atoms with Crippen LogP contribution in [-0.4, -0.2) is 22.8 Å². The molecule has 0 bridgehead atoms. The summed E-state index contributed by atoms with van der Waals surface area (Å²) in [5.74, 6) is -2.11. The Morgan fingerprint density at radius 2 is 0.865 bits per heavy atom. The minimum atomic E-state index is -0.677. The fourth-order valence-electron chi connectivity index (χ4n) is 5.59. The molecule has 0 fully saturated rings. The Bertz CT molecular complexity index is 2040. The van der Waals surface area contributed by atoms with Gasteiger partial charge in [0.2, 0.25) is 0 Å². The number of aliphatic hydroxyl groups is 1. The van der Waals surface area contributed by atoms with Crippen LogP contribution in [-0.2, 0) is 9.59 Å². The molecule has 2 unspecified atom stereocenters. The first kappa shape index (κ1) is 44.4. The van der Waals surface area contributed by atoms with Crippen LogP contribution in [0.15, 0.2) is 128 Å². The van der Waals surface area contributed by atoms with Crippen LogP contribution in [0.25, 0.3) is 21.9 Å². The normalized spacial score (nSPS) is 11.5. The number of hydrogen-bond acceptors (Lipinski definition) is 9. The molecule has 0 saturated carbocycles. The van der Waals surface area contributed by atoms with Crippen molar-refractivity contribution in [3.63, 3.8) is 0 Å². The van der Waals surface area contributed by atoms with Crippen LogP contribution in [0.3, 0.4) is 0 Å². The molecule has 0 amide bonds. The van der Waals surface area contributed by atoms with Crippen LogP contribution in [0.5, 0.6) is 11.5 Å². The number of hydrogen-bond donors (Lipinski definition) is 1. The summed E-state index contributed by atoms with van der Waals surface area (Å²) >= 11 is 0. The van der Waals surface area contributed by atoms with E-state index in [9.17, 15) is 29.4 Å². The van der Waals surface area contributed by atoms with Crippen molar-refractivity contribution in [1.29, 1.82) is 0 Å². The monoisotopic (exact) mass is 720 g/mol. The molecule has 2 aromatic heterocycles. The van der Waals surface area contributed by atoms with Crippen molar-refractivity contribution in [1.82, 2.24) is 0 Å². The van der Waals surface area contributed by atoms with E-state index in [1.807, 2.05) is 60.7 Å². The van der Waals surface area contributed by atoms with Crippen LogP contribution in [0.1, 0.15) is 74.6 Å². The van der Waals surface area contributed by atoms with Crippen LogP contribution in [0, 0.1) is 0 Å². The maximum atomic E-state index is 12.8. The zero-order valence-corrected chi connectivity index (χ0v) is 34.3. The second-order valence-electron chi connectivity index (χ2n) is 12.1. The molecule has 9 nitrogen and oxygen atoms in total. The third-order valence-corrected chi connectivity index (χ3v) is 7.68. The molecule has 258 valence electrons. The Morgan fingerprint density at radius 3 is 1.17 bits per heavy atom. The average Bonchev–Trinajstić information content (AvgIpc) is 3.08. The van der Waals surface area contributed by atoms with Crippen LogP contribution >= 0.6 is 0 Å². The molecule has 0 saturated heterocycles. The molecule has 2 heterocycles. The number of aliphatic hydroxyl groups excluding tert-OH is 1. The van der Waals surface area contributed by atoms with E-state index in [4.69, 9.17) is 13.9 Å². The standard InChI is InChI=1S/2C19H16O4.C3H8O.2Na/c2*1-12(20)11-15(13-7-3-2-4-8-13)17-18(21)14-9-5-6-10-16(14)23-19(17)22;1-3(2)4;;/h2*2-10,15,21H,11H2,1H3;3-4H,1-2H3;;/q;;;2*+1/p-2. The van der Waals surface area contributed by atoms with Gasteiger partial charge < -0.3 is 24.2 Å². The molecule has 0 aliphatic carbocycles. The minimum absolute atomic E-state index is 0. The average molecular weight is 721 g/mol. The predicted molar refractivity (Wildman–Crippen MR) is 188 cm³/mol. The summed E-state index contributed by atoms with van der Waals surface area (Å²) in [6.45, 7) is 6.34. The van der Waals surface area contributed by atoms with Crippen molar-refractivity contribution in [2.75, 3.05) is 0 Å². The Morgan fingerprint density at radius 1 is 0.577 bits per heavy atom. The number of Topliss-reactive ketones (excluding diaryl/α,β-unsaturated/α-hetero) is 2. The summed E-state index contributed by atoms with van der Waals surface area (Å²) in [6, 6.07) is 31.4. The maximum absolute atomic E-state index is 12.8. The summed E-state index contributed by atoms with van der Waals surface area (Å²) in [7, 11) is 0. The Labute approximate surface area is 345 Å². The zero-order chi connectivity index (χ0) is 36.4. The first-order chi connectivity index (χ1) is 23.9. The van der Waals surface area contributed by atoms with Crippen molar-refractivity contribution in [2.24, 2.45) is 0 Å². The van der Waals surface area contributed by atoms with Gasteiger partial charge in [0.15, 0.2) is 0 Å². The molecule has 0 aliphatic heterocycles. The van der Waals surface area contributed by atoms with Crippen molar-refractivity contribution in [2.45, 2.75) is 58.5 Å². The largest absolute Gasteiger partial charge is 1.00 e. The molecule has 0 spiro atoms. The summed E-state index contributed by atoms with van der Waals surface area (Å²) < 4.78 is 10.6. The third kappa shape index (κ3) is 11.6. The SMILES string of the molecule is CC(=O)CC(c1ccccc1)c1c([O-])c2ccccc2oc1=O.CC(=O)CC(c1ccccc1)c1c([O-])c2ccccc2oc1=O.CC(C)O.[Na+].[Na+]. The minimum Gasteiger partial charge on any atom is -0.872 e. The van der Waals surface area contributed by atoms with Gasteiger partial charge in [-0.2, -0.15) is 0 Å². The summed E-state index contributed by atoms with van der Waals surface area (Å²) in [5.41, 5.74) is 0.717. The van der Waals surface area contributed by atoms with Crippen LogP contribution in [0.2, 0.25) is 0 Å². The van der Waals surface area contributed by atoms with Gasteiger partial charge in [0.25, 0.3) is 0 Å². The van der Waals surface area contributed by atoms with Gasteiger partial charge in [-0.05, 0) is 51.0 Å². The van der Waals surface area contributed by atoms with Gasteiger partial charge in [0.05, 0.1) is 0 Å². The van der Waals surface area contributed by atoms with E-state index in [1.165, 1.54) is 13.8 Å². The van der Waals surface area contributed by atoms with E-state index in [2.05, 4.69) is 0 Å². The molecule has 6 aromatic rings. The van der Waals surface area contributed by atoms with E-state index in [-0.39, 0.29) is 123 Å². The zero-order valence-electron chi connectivity index (χ0n) is 30.3. The molecule has 52 heavy (non-hydrogen) atoms. The van der Waals surface area contributed by atoms with Crippen molar-refractivity contribution in [3.8, 4) is 11.5 Å². The number of carbonyl (C=O) groups is 2. The molecule has 0 radical (unpaired) electrons. The van der Waals surface area contributed by atoms with Crippen molar-refractivity contribution in [3.05, 3.63) is 152 Å². The Hall–Kier alpha value is -3.80. The maximum Gasteiger partial charge on any atom is 1.00 e. The van der Waals surface area contributed by atoms with Crippen LogP contribution in [0.4, 0.5) is 0 Å². The van der Waals surface area contributed by atoms with E-state index < -0.39 is 23.1 Å². The van der Waals surface area contributed by atoms with Gasteiger partial charge in [-0.25, -0.2) is 9.59 Å². The van der Waals surface area contributed by atoms with Crippen LogP contribution < -0.4 is 80.6 Å². The second kappa shape index (κ2) is 21.0. The number of para-hydroxylation sites is 2. The molecule has 6 rings (SSSR count). The molecule has 11 heteroatoms. The van der Waals surface area contributed by atoms with E-state index in [1.54, 1.807) is 62.4 Å². The first-order valence-corrected chi connectivity index (χ1v) is 16.1. The molecular formula is C41H38Na2O9. The van der Waals surface area contributed by atoms with E-state index in [0.717, 1.165) is 11.1 Å². The van der Waals surface area contributed by atoms with Gasteiger partial charge in [0, 0.05) is 52.7 Å². The van der Waals surface area contributed by atoms with Gasteiger partial charge in [0.1, 0.15) is 22.7 Å². The molecular weight excluding hydrogens is 682 g/mol. The van der Waals surface area contributed by atoms with Gasteiger partial charge in [-0.3, -0.25) is 9.59 Å². The van der Waals surface area contributed by atoms with Gasteiger partial charge in [-0.1, -0.05) is 109 Å². The Balaban J connectivity index is 0.000000316. The molecule has 4 aromatic carbocycles. The van der Waals surface area contributed by atoms with Gasteiger partial charge in [-0.15, -0.1) is 0 Å². The second-order valence-corrected chi connectivity index (χ2v) is 12.1. The molecule has 2 atom stereocenters. The third-order valence-electron chi connectivity index (χ3n) is 7.68. The fraction of sp³-hybridized carbons (Fsp3) is 0.220. The fourth-order valence-corrected chi connectivity index (χ4v) is 5.59. The summed E-state index contributed by atoms with van der Waals surface area (Å²) in [6.07, 6.45) is 0.00467. The number of fused-ring (bicyclic) bond motifs is 2. The summed E-state index contributed by atoms with van der Waals surface area (Å²) in [4.78, 5) is 48.0. The number of benzene rings is 4.